The lowest BCUT2D eigenvalue weighted by Gasteiger charge is -2.28. The number of carbonyl (C=O) groups is 2. The van der Waals surface area contributed by atoms with E-state index in [4.69, 9.17) is 5.73 Å². The number of nitrogens with two attached hydrogens (primary N) is 1. The first-order valence-electron chi connectivity index (χ1n) is 9.03. The average molecular weight is 368 g/mol. The summed E-state index contributed by atoms with van der Waals surface area (Å²) >= 11 is 0. The molecule has 1 atom stereocenters. The molecule has 27 heavy (non-hydrogen) atoms. The van der Waals surface area contributed by atoms with Crippen molar-refractivity contribution in [2.75, 3.05) is 20.1 Å². The third kappa shape index (κ3) is 5.89. The summed E-state index contributed by atoms with van der Waals surface area (Å²) in [6.07, 6.45) is 2.31. The van der Waals surface area contributed by atoms with Crippen molar-refractivity contribution in [3.8, 4) is 0 Å². The molecule has 0 aliphatic heterocycles. The van der Waals surface area contributed by atoms with Gasteiger partial charge in [-0.15, -0.1) is 0 Å². The van der Waals surface area contributed by atoms with Gasteiger partial charge in [-0.2, -0.15) is 0 Å². The molecule has 0 bridgehead atoms. The van der Waals surface area contributed by atoms with E-state index in [1.165, 1.54) is 4.90 Å². The molecule has 3 N–H and O–H groups in total. The minimum atomic E-state index is -0.693. The number of pyridine rings is 1. The van der Waals surface area contributed by atoms with Crippen molar-refractivity contribution < 1.29 is 9.59 Å². The second-order valence-electron chi connectivity index (χ2n) is 7.31. The van der Waals surface area contributed by atoms with Gasteiger partial charge in [0, 0.05) is 31.9 Å². The maximum absolute atomic E-state index is 12.6. The van der Waals surface area contributed by atoms with Gasteiger partial charge in [0.05, 0.1) is 18.0 Å². The summed E-state index contributed by atoms with van der Waals surface area (Å²) in [5.41, 5.74) is 6.85. The highest BCUT2D eigenvalue weighted by atomic mass is 16.2. The third-order valence-electron chi connectivity index (χ3n) is 4.49. The smallest absolute Gasteiger partial charge is 0.240 e. The maximum Gasteiger partial charge on any atom is 0.240 e. The second-order valence-corrected chi connectivity index (χ2v) is 7.31. The quantitative estimate of drug-likeness (QED) is 0.745. The van der Waals surface area contributed by atoms with Crippen LogP contribution in [0.15, 0.2) is 54.7 Å². The molecular weight excluding hydrogens is 340 g/mol. The van der Waals surface area contributed by atoms with E-state index in [-0.39, 0.29) is 30.9 Å². The molecule has 2 rings (SSSR count). The Kier molecular flexibility index (Phi) is 7.07. The highest BCUT2D eigenvalue weighted by Gasteiger charge is 2.30. The van der Waals surface area contributed by atoms with Crippen molar-refractivity contribution >= 4 is 11.8 Å². The van der Waals surface area contributed by atoms with E-state index in [0.717, 1.165) is 11.3 Å². The molecule has 1 aromatic carbocycles. The van der Waals surface area contributed by atoms with Gasteiger partial charge in [0.15, 0.2) is 0 Å². The Labute approximate surface area is 160 Å². The molecule has 2 amide bonds. The van der Waals surface area contributed by atoms with Gasteiger partial charge in [0.1, 0.15) is 0 Å². The molecule has 0 saturated carbocycles. The molecule has 0 spiro atoms. The summed E-state index contributed by atoms with van der Waals surface area (Å²) in [6.45, 7) is 3.76. The van der Waals surface area contributed by atoms with Gasteiger partial charge < -0.3 is 16.0 Å². The number of likely N-dealkylation sites (N-methyl/N-ethyl adjacent to an activating group) is 1. The highest BCUT2D eigenvalue weighted by Crippen LogP contribution is 2.18. The second kappa shape index (κ2) is 9.28. The van der Waals surface area contributed by atoms with Gasteiger partial charge in [-0.1, -0.05) is 36.4 Å². The number of benzene rings is 1. The molecule has 0 aliphatic rings. The lowest BCUT2D eigenvalue weighted by atomic mass is 9.92. The molecule has 0 fully saturated rings. The lowest BCUT2D eigenvalue weighted by molar-refractivity contribution is -0.141. The number of aromatic nitrogens is 1. The van der Waals surface area contributed by atoms with Crippen LogP contribution in [0, 0.1) is 5.41 Å². The first-order chi connectivity index (χ1) is 12.8. The van der Waals surface area contributed by atoms with Crippen LogP contribution in [-0.4, -0.2) is 41.8 Å². The van der Waals surface area contributed by atoms with E-state index >= 15 is 0 Å². The van der Waals surface area contributed by atoms with E-state index in [0.29, 0.717) is 6.42 Å². The molecular formula is C21H28N4O2. The first-order valence-corrected chi connectivity index (χ1v) is 9.03. The number of hydrogen-bond donors (Lipinski definition) is 2. The summed E-state index contributed by atoms with van der Waals surface area (Å²) in [7, 11) is 1.62. The molecule has 6 heteroatoms. The van der Waals surface area contributed by atoms with Crippen LogP contribution in [-0.2, 0) is 16.0 Å². The van der Waals surface area contributed by atoms with Crippen LogP contribution in [0.1, 0.15) is 31.1 Å². The van der Waals surface area contributed by atoms with Crippen molar-refractivity contribution in [1.29, 1.82) is 0 Å². The average Bonchev–Trinajstić information content (AvgIpc) is 2.68. The van der Waals surface area contributed by atoms with E-state index < -0.39 is 5.41 Å². The van der Waals surface area contributed by atoms with Gasteiger partial charge in [0.2, 0.25) is 11.8 Å². The van der Waals surface area contributed by atoms with Gasteiger partial charge in [-0.25, -0.2) is 0 Å². The Morgan fingerprint density at radius 3 is 2.41 bits per heavy atom. The van der Waals surface area contributed by atoms with E-state index in [9.17, 15) is 9.59 Å². The Hall–Kier alpha value is -2.73. The van der Waals surface area contributed by atoms with E-state index in [2.05, 4.69) is 10.3 Å². The molecule has 2 aromatic rings. The number of nitrogens with one attached hydrogen (secondary N) is 1. The van der Waals surface area contributed by atoms with Crippen LogP contribution in [0.5, 0.6) is 0 Å². The Balaban J connectivity index is 2.08. The fourth-order valence-corrected chi connectivity index (χ4v) is 2.80. The zero-order valence-corrected chi connectivity index (χ0v) is 16.2. The molecule has 1 heterocycles. The summed E-state index contributed by atoms with van der Waals surface area (Å²) in [5, 5.41) is 3.03. The molecule has 1 aromatic heterocycles. The molecule has 144 valence electrons. The van der Waals surface area contributed by atoms with Gasteiger partial charge in [0.25, 0.3) is 0 Å². The van der Waals surface area contributed by atoms with Crippen LogP contribution in [0.3, 0.4) is 0 Å². The van der Waals surface area contributed by atoms with Crippen molar-refractivity contribution in [1.82, 2.24) is 15.2 Å². The Morgan fingerprint density at radius 2 is 1.81 bits per heavy atom. The van der Waals surface area contributed by atoms with Crippen LogP contribution < -0.4 is 11.1 Å². The summed E-state index contributed by atoms with van der Waals surface area (Å²) in [4.78, 5) is 30.8. The zero-order chi connectivity index (χ0) is 19.9. The minimum Gasteiger partial charge on any atom is -0.347 e. The number of rotatable bonds is 8. The standard InChI is InChI=1S/C21H28N4O2/c1-21(2,15-22)20(27)25(3)14-19(26)24-18(16-9-5-4-6-10-16)13-17-11-7-8-12-23-17/h4-12,18H,13-15,22H2,1-3H3,(H,24,26). The summed E-state index contributed by atoms with van der Waals surface area (Å²) in [5.74, 6) is -0.371. The number of amides is 2. The lowest BCUT2D eigenvalue weighted by Crippen LogP contribution is -2.47. The monoisotopic (exact) mass is 368 g/mol. The molecule has 0 radical (unpaired) electrons. The summed E-state index contributed by atoms with van der Waals surface area (Å²) in [6, 6.07) is 15.2. The predicted octanol–water partition coefficient (Wildman–Crippen LogP) is 1.92. The van der Waals surface area contributed by atoms with Crippen molar-refractivity contribution in [2.45, 2.75) is 26.3 Å². The predicted molar refractivity (Wildman–Crippen MR) is 106 cm³/mol. The normalized spacial score (nSPS) is 12.3. The Morgan fingerprint density at radius 1 is 1.15 bits per heavy atom. The third-order valence-corrected chi connectivity index (χ3v) is 4.49. The number of nitrogens with zero attached hydrogens (tertiary/aromatic N) is 2. The summed E-state index contributed by atoms with van der Waals surface area (Å²) < 4.78 is 0. The van der Waals surface area contributed by atoms with Gasteiger partial charge in [-0.3, -0.25) is 14.6 Å². The molecule has 1 unspecified atom stereocenters. The molecule has 0 saturated heterocycles. The van der Waals surface area contributed by atoms with Crippen molar-refractivity contribution in [3.63, 3.8) is 0 Å². The maximum atomic E-state index is 12.6. The topological polar surface area (TPSA) is 88.3 Å². The van der Waals surface area contributed by atoms with Gasteiger partial charge >= 0.3 is 0 Å². The van der Waals surface area contributed by atoms with E-state index in [1.807, 2.05) is 48.5 Å². The largest absolute Gasteiger partial charge is 0.347 e. The van der Waals surface area contributed by atoms with Crippen LogP contribution in [0.2, 0.25) is 0 Å². The fourth-order valence-electron chi connectivity index (χ4n) is 2.80. The number of carbonyl (C=O) groups excluding carboxylic acids is 2. The Bertz CT molecular complexity index is 747. The number of hydrogen-bond acceptors (Lipinski definition) is 4. The van der Waals surface area contributed by atoms with Crippen LogP contribution >= 0.6 is 0 Å². The fraction of sp³-hybridized carbons (Fsp3) is 0.381. The zero-order valence-electron chi connectivity index (χ0n) is 16.2. The highest BCUT2D eigenvalue weighted by molar-refractivity contribution is 5.87. The van der Waals surface area contributed by atoms with Crippen molar-refractivity contribution in [3.05, 3.63) is 66.0 Å². The molecule has 0 aliphatic carbocycles. The van der Waals surface area contributed by atoms with Crippen LogP contribution in [0.4, 0.5) is 0 Å². The minimum absolute atomic E-state index is 0.0200. The first kappa shape index (κ1) is 20.6. The van der Waals surface area contributed by atoms with Crippen LogP contribution in [0.25, 0.3) is 0 Å². The SMILES string of the molecule is CN(CC(=O)NC(Cc1ccccn1)c1ccccc1)C(=O)C(C)(C)CN. The van der Waals surface area contributed by atoms with E-state index in [1.54, 1.807) is 27.1 Å². The van der Waals surface area contributed by atoms with Crippen molar-refractivity contribution in [2.24, 2.45) is 11.1 Å². The molecule has 6 nitrogen and oxygen atoms in total. The van der Waals surface area contributed by atoms with Gasteiger partial charge in [-0.05, 0) is 31.5 Å².